The number of nitrogens with zero attached hydrogens (tertiary/aromatic N) is 3. The van der Waals surface area contributed by atoms with Gasteiger partial charge in [-0.1, -0.05) is 19.9 Å². The molecule has 1 aromatic heterocycles. The highest BCUT2D eigenvalue weighted by molar-refractivity contribution is 5.67. The van der Waals surface area contributed by atoms with Crippen molar-refractivity contribution in [2.24, 2.45) is 0 Å². The van der Waals surface area contributed by atoms with Gasteiger partial charge in [0.05, 0.1) is 6.33 Å². The summed E-state index contributed by atoms with van der Waals surface area (Å²) in [6.45, 7) is 7.97. The van der Waals surface area contributed by atoms with Crippen molar-refractivity contribution >= 4 is 5.69 Å². The summed E-state index contributed by atoms with van der Waals surface area (Å²) in [6.07, 6.45) is 6.52. The Bertz CT molecular complexity index is 665. The van der Waals surface area contributed by atoms with Gasteiger partial charge in [0.25, 0.3) is 0 Å². The topological polar surface area (TPSA) is 21.1 Å². The van der Waals surface area contributed by atoms with Crippen LogP contribution in [0.4, 0.5) is 5.69 Å². The molecule has 1 aromatic carbocycles. The van der Waals surface area contributed by atoms with Crippen molar-refractivity contribution in [2.45, 2.75) is 45.1 Å². The highest BCUT2D eigenvalue weighted by Gasteiger charge is 2.41. The average Bonchev–Trinajstić information content (AvgIpc) is 3.11. The van der Waals surface area contributed by atoms with Crippen LogP contribution in [0.1, 0.15) is 37.9 Å². The Labute approximate surface area is 120 Å². The standard InChI is InChI=1S/C17H21N3/c1-12-9-18-11-20(12)14-6-7-15-16(8-14)19(13-4-5-13)10-17(15,2)3/h6-9,11,13H,4-5,10H2,1-3H3. The smallest absolute Gasteiger partial charge is 0.0994 e. The van der Waals surface area contributed by atoms with Gasteiger partial charge in [0.1, 0.15) is 0 Å². The number of benzene rings is 1. The molecule has 3 nitrogen and oxygen atoms in total. The molecule has 1 aliphatic carbocycles. The minimum atomic E-state index is 0.264. The normalized spacial score (nSPS) is 20.2. The van der Waals surface area contributed by atoms with E-state index in [9.17, 15) is 0 Å². The molecule has 0 amide bonds. The maximum Gasteiger partial charge on any atom is 0.0994 e. The maximum absolute atomic E-state index is 4.24. The van der Waals surface area contributed by atoms with Gasteiger partial charge < -0.3 is 9.47 Å². The molecule has 0 radical (unpaired) electrons. The fourth-order valence-corrected chi connectivity index (χ4v) is 3.42. The Balaban J connectivity index is 1.84. The van der Waals surface area contributed by atoms with Crippen molar-refractivity contribution in [1.82, 2.24) is 9.55 Å². The van der Waals surface area contributed by atoms with Crippen molar-refractivity contribution in [3.63, 3.8) is 0 Å². The van der Waals surface area contributed by atoms with E-state index in [1.807, 2.05) is 12.5 Å². The van der Waals surface area contributed by atoms with Crippen LogP contribution in [-0.2, 0) is 5.41 Å². The third-order valence-electron chi connectivity index (χ3n) is 4.67. The van der Waals surface area contributed by atoms with Crippen LogP contribution >= 0.6 is 0 Å². The molecular weight excluding hydrogens is 246 g/mol. The first-order valence-electron chi connectivity index (χ1n) is 7.47. The number of aryl methyl sites for hydroxylation is 1. The first kappa shape index (κ1) is 12.0. The Morgan fingerprint density at radius 3 is 2.70 bits per heavy atom. The molecule has 1 fully saturated rings. The first-order chi connectivity index (χ1) is 9.56. The van der Waals surface area contributed by atoms with E-state index in [1.54, 1.807) is 0 Å². The average molecular weight is 267 g/mol. The second kappa shape index (κ2) is 3.87. The third-order valence-corrected chi connectivity index (χ3v) is 4.67. The molecule has 0 atom stereocenters. The summed E-state index contributed by atoms with van der Waals surface area (Å²) < 4.78 is 2.16. The monoisotopic (exact) mass is 267 g/mol. The minimum absolute atomic E-state index is 0.264. The number of imidazole rings is 1. The fourth-order valence-electron chi connectivity index (χ4n) is 3.42. The first-order valence-corrected chi connectivity index (χ1v) is 7.47. The van der Waals surface area contributed by atoms with Crippen LogP contribution in [0, 0.1) is 6.92 Å². The fraction of sp³-hybridized carbons (Fsp3) is 0.471. The van der Waals surface area contributed by atoms with Crippen molar-refractivity contribution in [1.29, 1.82) is 0 Å². The minimum Gasteiger partial charge on any atom is -0.367 e. The number of aromatic nitrogens is 2. The van der Waals surface area contributed by atoms with E-state index in [0.29, 0.717) is 0 Å². The molecule has 0 N–H and O–H groups in total. The highest BCUT2D eigenvalue weighted by Crippen LogP contribution is 2.46. The van der Waals surface area contributed by atoms with Crippen LogP contribution in [0.15, 0.2) is 30.7 Å². The molecule has 104 valence electrons. The van der Waals surface area contributed by atoms with Gasteiger partial charge in [-0.15, -0.1) is 0 Å². The van der Waals surface area contributed by atoms with Gasteiger partial charge in [0.15, 0.2) is 0 Å². The summed E-state index contributed by atoms with van der Waals surface area (Å²) in [5.74, 6) is 0. The van der Waals surface area contributed by atoms with E-state index in [2.05, 4.69) is 53.4 Å². The predicted molar refractivity (Wildman–Crippen MR) is 81.7 cm³/mol. The molecule has 1 aliphatic heterocycles. The lowest BCUT2D eigenvalue weighted by molar-refractivity contribution is 0.549. The van der Waals surface area contributed by atoms with Gasteiger partial charge in [0, 0.05) is 41.3 Å². The Morgan fingerprint density at radius 2 is 2.05 bits per heavy atom. The van der Waals surface area contributed by atoms with Crippen molar-refractivity contribution in [3.05, 3.63) is 42.0 Å². The molecule has 20 heavy (non-hydrogen) atoms. The van der Waals surface area contributed by atoms with Crippen molar-refractivity contribution in [3.8, 4) is 5.69 Å². The van der Waals surface area contributed by atoms with Crippen LogP contribution in [0.3, 0.4) is 0 Å². The zero-order valence-electron chi connectivity index (χ0n) is 12.4. The van der Waals surface area contributed by atoms with Gasteiger partial charge in [-0.2, -0.15) is 0 Å². The number of hydrogen-bond acceptors (Lipinski definition) is 2. The van der Waals surface area contributed by atoms with Crippen LogP contribution in [0.2, 0.25) is 0 Å². The molecule has 3 heteroatoms. The Morgan fingerprint density at radius 1 is 1.25 bits per heavy atom. The second-order valence-corrected chi connectivity index (χ2v) is 6.85. The molecule has 4 rings (SSSR count). The lowest BCUT2D eigenvalue weighted by Gasteiger charge is -2.22. The molecule has 0 bridgehead atoms. The predicted octanol–water partition coefficient (Wildman–Crippen LogP) is 3.44. The van der Waals surface area contributed by atoms with Crippen LogP contribution in [0.25, 0.3) is 5.69 Å². The van der Waals surface area contributed by atoms with Crippen LogP contribution < -0.4 is 4.90 Å². The van der Waals surface area contributed by atoms with E-state index in [1.165, 1.54) is 35.5 Å². The SMILES string of the molecule is Cc1cncn1-c1ccc2c(c1)N(C1CC1)CC2(C)C. The van der Waals surface area contributed by atoms with E-state index in [0.717, 1.165) is 12.6 Å². The van der Waals surface area contributed by atoms with Gasteiger partial charge in [0.2, 0.25) is 0 Å². The highest BCUT2D eigenvalue weighted by atomic mass is 15.2. The largest absolute Gasteiger partial charge is 0.367 e. The zero-order valence-corrected chi connectivity index (χ0v) is 12.4. The molecule has 0 unspecified atom stereocenters. The second-order valence-electron chi connectivity index (χ2n) is 6.85. The van der Waals surface area contributed by atoms with Crippen LogP contribution in [-0.4, -0.2) is 22.1 Å². The van der Waals surface area contributed by atoms with Gasteiger partial charge in [-0.3, -0.25) is 0 Å². The summed E-state index contributed by atoms with van der Waals surface area (Å²) in [6, 6.07) is 7.66. The summed E-state index contributed by atoms with van der Waals surface area (Å²) >= 11 is 0. The molecule has 2 aliphatic rings. The van der Waals surface area contributed by atoms with E-state index in [-0.39, 0.29) is 5.41 Å². The van der Waals surface area contributed by atoms with E-state index in [4.69, 9.17) is 0 Å². The van der Waals surface area contributed by atoms with Gasteiger partial charge in [-0.25, -0.2) is 4.98 Å². The Kier molecular flexibility index (Phi) is 2.33. The molecule has 2 aromatic rings. The number of anilines is 1. The maximum atomic E-state index is 4.24. The van der Waals surface area contributed by atoms with Gasteiger partial charge in [-0.05, 0) is 37.5 Å². The lowest BCUT2D eigenvalue weighted by atomic mass is 9.87. The molecule has 1 saturated carbocycles. The number of hydrogen-bond donors (Lipinski definition) is 0. The quantitative estimate of drug-likeness (QED) is 0.831. The van der Waals surface area contributed by atoms with Crippen molar-refractivity contribution in [2.75, 3.05) is 11.4 Å². The van der Waals surface area contributed by atoms with Crippen molar-refractivity contribution < 1.29 is 0 Å². The molecule has 0 saturated heterocycles. The van der Waals surface area contributed by atoms with Gasteiger partial charge >= 0.3 is 0 Å². The number of rotatable bonds is 2. The molecular formula is C17H21N3. The summed E-state index contributed by atoms with van der Waals surface area (Å²) in [4.78, 5) is 6.85. The molecule has 2 heterocycles. The van der Waals surface area contributed by atoms with Crippen LogP contribution in [0.5, 0.6) is 0 Å². The third kappa shape index (κ3) is 1.69. The lowest BCUT2D eigenvalue weighted by Crippen LogP contribution is -2.30. The Hall–Kier alpha value is -1.77. The summed E-state index contributed by atoms with van der Waals surface area (Å²) in [7, 11) is 0. The van der Waals surface area contributed by atoms with E-state index >= 15 is 0 Å². The number of fused-ring (bicyclic) bond motifs is 1. The summed E-state index contributed by atoms with van der Waals surface area (Å²) in [5.41, 5.74) is 5.59. The zero-order chi connectivity index (χ0) is 13.9. The molecule has 0 spiro atoms. The van der Waals surface area contributed by atoms with E-state index < -0.39 is 0 Å². The summed E-state index contributed by atoms with van der Waals surface area (Å²) in [5, 5.41) is 0.